The maximum Gasteiger partial charge on any atom is 0.418 e. The molecule has 0 saturated carbocycles. The largest absolute Gasteiger partial charge is 0.490 e. The first-order valence-corrected chi connectivity index (χ1v) is 16.3. The second-order valence-corrected chi connectivity index (χ2v) is 13.3. The van der Waals surface area contributed by atoms with Crippen LogP contribution in [0.3, 0.4) is 0 Å². The van der Waals surface area contributed by atoms with Crippen LogP contribution in [0.5, 0.6) is 5.75 Å². The summed E-state index contributed by atoms with van der Waals surface area (Å²) in [7, 11) is -2.66. The monoisotopic (exact) mass is 702 g/mol. The lowest BCUT2D eigenvalue weighted by Gasteiger charge is -2.50. The summed E-state index contributed by atoms with van der Waals surface area (Å²) in [6, 6.07) is 7.20. The van der Waals surface area contributed by atoms with Crippen LogP contribution in [0.4, 0.5) is 5.13 Å². The van der Waals surface area contributed by atoms with E-state index in [2.05, 4.69) is 26.5 Å². The first-order valence-electron chi connectivity index (χ1n) is 14.0. The van der Waals surface area contributed by atoms with Gasteiger partial charge in [0.05, 0.1) is 44.7 Å². The molecule has 0 aliphatic carbocycles. The molecule has 0 spiro atoms. The summed E-state index contributed by atoms with van der Waals surface area (Å²) in [5.74, 6) is -1.26. The van der Waals surface area contributed by atoms with Crippen molar-refractivity contribution in [2.75, 3.05) is 52.2 Å². The molecular weight excluding hydrogens is 659 g/mol. The van der Waals surface area contributed by atoms with Gasteiger partial charge in [-0.2, -0.15) is 27.0 Å². The molecule has 3 heterocycles. The molecule has 15 nitrogen and oxygen atoms in total. The molecule has 1 aromatic carbocycles. The van der Waals surface area contributed by atoms with Crippen molar-refractivity contribution in [3.05, 3.63) is 40.9 Å². The second-order valence-electron chi connectivity index (χ2n) is 11.4. The van der Waals surface area contributed by atoms with E-state index in [4.69, 9.17) is 25.6 Å². The molecule has 2 fully saturated rings. The number of nitrogen functional groups attached to an aromatic ring is 1. The Bertz CT molecular complexity index is 1520. The number of rotatable bonds is 15. The number of ether oxygens (including phenoxy) is 1. The van der Waals surface area contributed by atoms with Crippen molar-refractivity contribution in [1.82, 2.24) is 10.0 Å². The van der Waals surface area contributed by atoms with Crippen LogP contribution in [0.2, 0.25) is 0 Å². The summed E-state index contributed by atoms with van der Waals surface area (Å²) < 4.78 is 42.2. The van der Waals surface area contributed by atoms with Crippen molar-refractivity contribution in [1.29, 1.82) is 0 Å². The van der Waals surface area contributed by atoms with Gasteiger partial charge in [-0.1, -0.05) is 12.6 Å². The quantitative estimate of drug-likeness (QED) is 0.0466. The van der Waals surface area contributed by atoms with Crippen LogP contribution in [0, 0.1) is 5.92 Å². The average Bonchev–Trinajstić information content (AvgIpc) is 3.59. The van der Waals surface area contributed by atoms with Crippen LogP contribution in [0.1, 0.15) is 51.8 Å². The Morgan fingerprint density at radius 3 is 2.43 bits per heavy atom. The van der Waals surface area contributed by atoms with E-state index < -0.39 is 33.5 Å². The maximum atomic E-state index is 13.2. The van der Waals surface area contributed by atoms with Gasteiger partial charge in [-0.25, -0.2) is 4.98 Å². The zero-order valence-corrected chi connectivity index (χ0v) is 28.0. The number of ketones is 1. The van der Waals surface area contributed by atoms with E-state index >= 15 is 0 Å². The topological polar surface area (TPSA) is 209 Å². The fourth-order valence-electron chi connectivity index (χ4n) is 5.14. The minimum Gasteiger partial charge on any atom is -0.490 e. The first kappa shape index (κ1) is 38.9. The smallest absolute Gasteiger partial charge is 0.418 e. The minimum absolute atomic E-state index is 0. The summed E-state index contributed by atoms with van der Waals surface area (Å²) in [4.78, 5) is 39.7. The number of β-lactam (4-membered cyclic amide) rings is 1. The number of oxime groups is 1. The van der Waals surface area contributed by atoms with Gasteiger partial charge in [0.15, 0.2) is 23.2 Å². The highest BCUT2D eigenvalue weighted by molar-refractivity contribution is 7.80. The highest BCUT2D eigenvalue weighted by atomic mass is 32.3. The Morgan fingerprint density at radius 2 is 1.87 bits per heavy atom. The zero-order chi connectivity index (χ0) is 32.1. The van der Waals surface area contributed by atoms with E-state index in [1.807, 2.05) is 12.1 Å². The summed E-state index contributed by atoms with van der Waals surface area (Å²) in [6.45, 7) is 7.10. The van der Waals surface area contributed by atoms with Crippen LogP contribution in [-0.2, 0) is 29.1 Å². The predicted molar refractivity (Wildman–Crippen MR) is 180 cm³/mol. The van der Waals surface area contributed by atoms with Crippen LogP contribution in [-0.4, -0.2) is 103 Å². The summed E-state index contributed by atoms with van der Waals surface area (Å²) in [5.41, 5.74) is 11.5. The molecule has 2 aromatic rings. The lowest BCUT2D eigenvalue weighted by molar-refractivity contribution is -0.896. The number of aliphatic imine (C=N–C) groups is 1. The molecule has 1 atom stereocenters. The second kappa shape index (κ2) is 16.0. The normalized spacial score (nSPS) is 19.1. The Morgan fingerprint density at radius 1 is 1.22 bits per heavy atom. The van der Waals surface area contributed by atoms with E-state index in [-0.39, 0.29) is 57.1 Å². The maximum absolute atomic E-state index is 13.2. The molecule has 5 N–H and O–H groups in total. The first-order chi connectivity index (χ1) is 20.7. The van der Waals surface area contributed by atoms with Gasteiger partial charge in [-0.15, -0.1) is 15.6 Å². The Hall–Kier alpha value is -3.29. The van der Waals surface area contributed by atoms with Crippen LogP contribution < -0.4 is 16.2 Å². The fourth-order valence-corrected chi connectivity index (χ4v) is 6.14. The van der Waals surface area contributed by atoms with Gasteiger partial charge in [-0.05, 0) is 38.1 Å². The van der Waals surface area contributed by atoms with Crippen molar-refractivity contribution in [3.8, 4) is 5.75 Å². The van der Waals surface area contributed by atoms with Crippen LogP contribution >= 0.6 is 24.8 Å². The van der Waals surface area contributed by atoms with E-state index in [1.165, 1.54) is 45.2 Å². The van der Waals surface area contributed by atoms with Crippen molar-refractivity contribution in [2.24, 2.45) is 21.8 Å². The van der Waals surface area contributed by atoms with Gasteiger partial charge in [0.1, 0.15) is 23.9 Å². The number of likely N-dealkylation sites (N-methyl/N-ethyl adjacent to an activating group) is 1. The molecule has 1 unspecified atom stereocenters. The van der Waals surface area contributed by atoms with E-state index in [9.17, 15) is 18.0 Å². The molecule has 46 heavy (non-hydrogen) atoms. The van der Waals surface area contributed by atoms with Crippen molar-refractivity contribution in [2.45, 2.75) is 46.1 Å². The predicted octanol–water partition coefficient (Wildman–Crippen LogP) is 2.15. The number of carbonyl (C=O) groups excluding carboxylic acids is 2. The Kier molecular flexibility index (Phi) is 13.5. The number of amides is 1. The molecule has 18 heteroatoms. The highest BCUT2D eigenvalue weighted by Gasteiger charge is 2.57. The third kappa shape index (κ3) is 9.85. The fraction of sp³-hybridized carbons (Fsp3) is 0.536. The van der Waals surface area contributed by atoms with Crippen LogP contribution in [0.15, 0.2) is 39.8 Å². The lowest BCUT2D eigenvalue weighted by Crippen LogP contribution is -2.68. The molecule has 0 radical (unpaired) electrons. The average molecular weight is 703 g/mol. The third-order valence-corrected chi connectivity index (χ3v) is 8.79. The Balaban J connectivity index is 0.00000368. The van der Waals surface area contributed by atoms with E-state index in [0.29, 0.717) is 23.2 Å². The molecule has 2 aliphatic heterocycles. The number of thiazole rings is 1. The van der Waals surface area contributed by atoms with Crippen LogP contribution in [0.25, 0.3) is 0 Å². The summed E-state index contributed by atoms with van der Waals surface area (Å²) in [5, 5.41) is 6.19. The van der Waals surface area contributed by atoms with Crippen molar-refractivity contribution in [3.63, 3.8) is 0 Å². The van der Waals surface area contributed by atoms with Gasteiger partial charge >= 0.3 is 10.4 Å². The number of carbonyl (C=O) groups is 2. The van der Waals surface area contributed by atoms with Crippen molar-refractivity contribution >= 4 is 63.6 Å². The van der Waals surface area contributed by atoms with E-state index in [1.54, 1.807) is 12.1 Å². The SMILES string of the molecule is C.CC1(C)C(CC(=O)/C(=N\OCCOc2ccc(C(N)=NCC[N+]3(C)CCCC3)cc2)c2csc(N)n2)C(=O)N1OS(=O)(=O)O.S. The van der Waals surface area contributed by atoms with Gasteiger partial charge in [0.2, 0.25) is 0 Å². The molecule has 4 rings (SSSR count). The number of nitrogens with zero attached hydrogens (tertiary/aromatic N) is 5. The molecular formula is C28H44N7O8S3+. The standard InChI is InChI=1S/C27H37N7O8S2.CH4.H2S/c1-27(2)20(25(36)33(27)42-44(37,38)39)16-22(35)23(21-17-43-26(29)31-21)32-41-15-14-40-19-8-6-18(7-9-19)24(28)30-10-13-34(3)11-4-5-12-34;;/h6-9,17,20H,4-5,10-16H2,1-3H3,(H4-,28,29,30,31,37,38,39);1H4;1H2/p+1/b32-23-;;. The molecule has 0 bridgehead atoms. The number of hydrogen-bond donors (Lipinski definition) is 3. The summed E-state index contributed by atoms with van der Waals surface area (Å²) in [6.07, 6.45) is 2.18. The lowest BCUT2D eigenvalue weighted by atomic mass is 9.74. The molecule has 1 aromatic heterocycles. The van der Waals surface area contributed by atoms with Gasteiger partial charge in [-0.3, -0.25) is 19.1 Å². The van der Waals surface area contributed by atoms with E-state index in [0.717, 1.165) is 27.9 Å². The number of amidine groups is 1. The number of benzene rings is 1. The number of quaternary nitrogens is 1. The molecule has 256 valence electrons. The molecule has 2 aliphatic rings. The zero-order valence-electron chi connectivity index (χ0n) is 25.3. The summed E-state index contributed by atoms with van der Waals surface area (Å²) >= 11 is 1.10. The molecule has 2 saturated heterocycles. The van der Waals surface area contributed by atoms with Gasteiger partial charge in [0, 0.05) is 30.2 Å². The highest BCUT2D eigenvalue weighted by Crippen LogP contribution is 2.40. The third-order valence-electron chi connectivity index (χ3n) is 7.78. The molecule has 1 amide bonds. The number of Topliss-reactive ketones (excluding diaryl/α,β-unsaturated/α-hetero) is 1. The van der Waals surface area contributed by atoms with Gasteiger partial charge < -0.3 is 25.5 Å². The minimum atomic E-state index is -4.92. The van der Waals surface area contributed by atoms with Gasteiger partial charge in [0.25, 0.3) is 5.91 Å². The van der Waals surface area contributed by atoms with Crippen molar-refractivity contribution < 1.29 is 40.9 Å². The number of aromatic nitrogens is 1. The Labute approximate surface area is 280 Å². The number of likely N-dealkylation sites (tertiary alicyclic amines) is 1. The number of hydroxylamine groups is 2. The number of hydrogen-bond acceptors (Lipinski definition) is 12. The number of anilines is 1. The number of nitrogens with two attached hydrogens (primary N) is 2.